The van der Waals surface area contributed by atoms with Gasteiger partial charge in [0.25, 0.3) is 10.0 Å². The predicted octanol–water partition coefficient (Wildman–Crippen LogP) is 2.06. The molecule has 2 rings (SSSR count). The number of nitrogens with one attached hydrogen (secondary N) is 2. The Labute approximate surface area is 118 Å². The zero-order chi connectivity index (χ0) is 14.8. The number of hydrogen-bond donors (Lipinski definition) is 2. The highest BCUT2D eigenvalue weighted by Gasteiger charge is 2.16. The summed E-state index contributed by atoms with van der Waals surface area (Å²) >= 11 is 0. The van der Waals surface area contributed by atoms with E-state index in [0.29, 0.717) is 5.69 Å². The van der Waals surface area contributed by atoms with Crippen LogP contribution in [0.2, 0.25) is 0 Å². The number of aryl methyl sites for hydroxylation is 1. The molecule has 0 aliphatic heterocycles. The molecule has 7 heteroatoms. The maximum Gasteiger partial charge on any atom is 0.264 e. The molecule has 0 bridgehead atoms. The number of nitrogens with zero attached hydrogens (tertiary/aromatic N) is 1. The minimum atomic E-state index is -3.65. The van der Waals surface area contributed by atoms with Crippen LogP contribution in [0.3, 0.4) is 0 Å². The lowest BCUT2D eigenvalue weighted by molar-refractivity contribution is 0.430. The molecule has 0 saturated heterocycles. The number of aromatic nitrogens is 1. The van der Waals surface area contributed by atoms with Gasteiger partial charge in [0.15, 0.2) is 0 Å². The van der Waals surface area contributed by atoms with Crippen LogP contribution in [0.5, 0.6) is 0 Å². The van der Waals surface area contributed by atoms with E-state index < -0.39 is 10.0 Å². The molecule has 1 aromatic heterocycles. The lowest BCUT2D eigenvalue weighted by atomic mass is 10.1. The van der Waals surface area contributed by atoms with Crippen molar-refractivity contribution in [2.45, 2.75) is 24.8 Å². The molecule has 0 amide bonds. The second-order valence-electron chi connectivity index (χ2n) is 4.52. The minimum Gasteiger partial charge on any atom is -0.338 e. The SMILES string of the molecule is CNC(C)c1ccc(S(=O)(=O)Nc2cc(C)no2)cc1. The van der Waals surface area contributed by atoms with E-state index in [1.807, 2.05) is 14.0 Å². The van der Waals surface area contributed by atoms with Crippen molar-refractivity contribution in [3.63, 3.8) is 0 Å². The molecule has 0 saturated carbocycles. The van der Waals surface area contributed by atoms with Crippen LogP contribution in [0.25, 0.3) is 0 Å². The zero-order valence-electron chi connectivity index (χ0n) is 11.5. The van der Waals surface area contributed by atoms with E-state index in [9.17, 15) is 8.42 Å². The predicted molar refractivity (Wildman–Crippen MR) is 76.0 cm³/mol. The Morgan fingerprint density at radius 2 is 1.90 bits per heavy atom. The van der Waals surface area contributed by atoms with E-state index in [-0.39, 0.29) is 16.8 Å². The summed E-state index contributed by atoms with van der Waals surface area (Å²) in [6.45, 7) is 3.72. The summed E-state index contributed by atoms with van der Waals surface area (Å²) in [5, 5.41) is 6.73. The first kappa shape index (κ1) is 14.5. The first-order chi connectivity index (χ1) is 9.42. The topological polar surface area (TPSA) is 84.2 Å². The van der Waals surface area contributed by atoms with Crippen molar-refractivity contribution in [3.05, 3.63) is 41.6 Å². The molecule has 1 aromatic carbocycles. The van der Waals surface area contributed by atoms with Gasteiger partial charge in [-0.25, -0.2) is 13.1 Å². The molecule has 0 spiro atoms. The van der Waals surface area contributed by atoms with Crippen molar-refractivity contribution in [2.75, 3.05) is 11.8 Å². The molecule has 1 atom stereocenters. The van der Waals surface area contributed by atoms with Crippen molar-refractivity contribution < 1.29 is 12.9 Å². The molecule has 2 aromatic rings. The summed E-state index contributed by atoms with van der Waals surface area (Å²) in [5.41, 5.74) is 1.63. The lowest BCUT2D eigenvalue weighted by Gasteiger charge is -2.11. The van der Waals surface area contributed by atoms with Gasteiger partial charge >= 0.3 is 0 Å². The van der Waals surface area contributed by atoms with Crippen LogP contribution in [-0.4, -0.2) is 20.6 Å². The van der Waals surface area contributed by atoms with Gasteiger partial charge in [0.05, 0.1) is 10.6 Å². The Morgan fingerprint density at radius 3 is 2.40 bits per heavy atom. The third kappa shape index (κ3) is 3.17. The molecule has 0 radical (unpaired) electrons. The third-order valence-electron chi connectivity index (χ3n) is 2.99. The molecular formula is C13H17N3O3S. The molecule has 0 aliphatic rings. The number of benzene rings is 1. The first-order valence-corrected chi connectivity index (χ1v) is 7.64. The first-order valence-electron chi connectivity index (χ1n) is 6.16. The summed E-state index contributed by atoms with van der Waals surface area (Å²) in [5.74, 6) is 0.107. The Balaban J connectivity index is 2.21. The second kappa shape index (κ2) is 5.64. The van der Waals surface area contributed by atoms with Gasteiger partial charge in [-0.15, -0.1) is 0 Å². The van der Waals surface area contributed by atoms with Crippen LogP contribution >= 0.6 is 0 Å². The number of rotatable bonds is 5. The average Bonchev–Trinajstić information content (AvgIpc) is 2.82. The van der Waals surface area contributed by atoms with Crippen molar-refractivity contribution in [1.29, 1.82) is 0 Å². The van der Waals surface area contributed by atoms with Gasteiger partial charge in [-0.05, 0) is 38.6 Å². The fraction of sp³-hybridized carbons (Fsp3) is 0.308. The van der Waals surface area contributed by atoms with Crippen molar-refractivity contribution in [2.24, 2.45) is 0 Å². The van der Waals surface area contributed by atoms with Gasteiger partial charge < -0.3 is 9.84 Å². The van der Waals surface area contributed by atoms with E-state index in [1.165, 1.54) is 6.07 Å². The fourth-order valence-electron chi connectivity index (χ4n) is 1.71. The number of sulfonamides is 1. The van der Waals surface area contributed by atoms with Crippen LogP contribution in [0.1, 0.15) is 24.2 Å². The summed E-state index contributed by atoms with van der Waals surface area (Å²) in [7, 11) is -1.80. The van der Waals surface area contributed by atoms with Crippen molar-refractivity contribution >= 4 is 15.9 Å². The molecular weight excluding hydrogens is 278 g/mol. The Hall–Kier alpha value is -1.86. The second-order valence-corrected chi connectivity index (χ2v) is 6.20. The van der Waals surface area contributed by atoms with E-state index in [0.717, 1.165) is 5.56 Å². The summed E-state index contributed by atoms with van der Waals surface area (Å²) in [6, 6.07) is 8.37. The Kier molecular flexibility index (Phi) is 4.10. The summed E-state index contributed by atoms with van der Waals surface area (Å²) in [4.78, 5) is 0.179. The molecule has 0 fully saturated rings. The maximum absolute atomic E-state index is 12.1. The average molecular weight is 295 g/mol. The molecule has 1 unspecified atom stereocenters. The number of anilines is 1. The highest BCUT2D eigenvalue weighted by Crippen LogP contribution is 2.19. The summed E-state index contributed by atoms with van der Waals surface area (Å²) < 4.78 is 31.5. The smallest absolute Gasteiger partial charge is 0.264 e. The van der Waals surface area contributed by atoms with Crippen molar-refractivity contribution in [1.82, 2.24) is 10.5 Å². The van der Waals surface area contributed by atoms with Gasteiger partial charge in [-0.2, -0.15) is 0 Å². The highest BCUT2D eigenvalue weighted by molar-refractivity contribution is 7.92. The largest absolute Gasteiger partial charge is 0.338 e. The van der Waals surface area contributed by atoms with Crippen LogP contribution in [-0.2, 0) is 10.0 Å². The van der Waals surface area contributed by atoms with E-state index in [4.69, 9.17) is 4.52 Å². The van der Waals surface area contributed by atoms with E-state index in [1.54, 1.807) is 31.2 Å². The van der Waals surface area contributed by atoms with Gasteiger partial charge in [0.2, 0.25) is 5.88 Å². The lowest BCUT2D eigenvalue weighted by Crippen LogP contribution is -2.14. The van der Waals surface area contributed by atoms with Gasteiger partial charge in [-0.1, -0.05) is 17.3 Å². The minimum absolute atomic E-state index is 0.107. The van der Waals surface area contributed by atoms with Gasteiger partial charge in [-0.3, -0.25) is 0 Å². The van der Waals surface area contributed by atoms with Crippen LogP contribution < -0.4 is 10.0 Å². The Bertz CT molecular complexity index is 677. The molecule has 108 valence electrons. The number of hydrogen-bond acceptors (Lipinski definition) is 5. The van der Waals surface area contributed by atoms with Crippen LogP contribution in [0.4, 0.5) is 5.88 Å². The van der Waals surface area contributed by atoms with Crippen LogP contribution in [0, 0.1) is 6.92 Å². The molecule has 0 aliphatic carbocycles. The normalized spacial score (nSPS) is 13.2. The third-order valence-corrected chi connectivity index (χ3v) is 4.35. The van der Waals surface area contributed by atoms with Crippen LogP contribution in [0.15, 0.2) is 39.8 Å². The maximum atomic E-state index is 12.1. The fourth-order valence-corrected chi connectivity index (χ4v) is 2.68. The highest BCUT2D eigenvalue weighted by atomic mass is 32.2. The van der Waals surface area contributed by atoms with E-state index in [2.05, 4.69) is 15.2 Å². The molecule has 20 heavy (non-hydrogen) atoms. The monoisotopic (exact) mass is 295 g/mol. The summed E-state index contributed by atoms with van der Waals surface area (Å²) in [6.07, 6.45) is 0. The zero-order valence-corrected chi connectivity index (χ0v) is 12.4. The van der Waals surface area contributed by atoms with Gasteiger partial charge in [0.1, 0.15) is 0 Å². The van der Waals surface area contributed by atoms with Gasteiger partial charge in [0, 0.05) is 12.1 Å². The quantitative estimate of drug-likeness (QED) is 0.882. The molecule has 6 nitrogen and oxygen atoms in total. The Morgan fingerprint density at radius 1 is 1.25 bits per heavy atom. The van der Waals surface area contributed by atoms with E-state index >= 15 is 0 Å². The standard InChI is InChI=1S/C13H17N3O3S/c1-9-8-13(19-15-9)16-20(17,18)12-6-4-11(5-7-12)10(2)14-3/h4-8,10,14,16H,1-3H3. The molecule has 2 N–H and O–H groups in total. The molecule has 1 heterocycles. The van der Waals surface area contributed by atoms with Crippen molar-refractivity contribution in [3.8, 4) is 0 Å².